The normalized spacial score (nSPS) is 19.3. The number of rotatable bonds is 5. The Morgan fingerprint density at radius 1 is 1.43 bits per heavy atom. The van der Waals surface area contributed by atoms with Crippen LogP contribution in [-0.2, 0) is 0 Å². The largest absolute Gasteiger partial charge is 0.393 e. The maximum Gasteiger partial charge on any atom is 0.317 e. The topological polar surface area (TPSA) is 55.8 Å². The molecular formula is C18H29N3O2. The predicted molar refractivity (Wildman–Crippen MR) is 93.9 cm³/mol. The molecule has 2 amide bonds. The SMILES string of the molecule is Cc1ccc(N2CCCC(NC(=O)N(C)CCC(C)O)C2)cc1. The summed E-state index contributed by atoms with van der Waals surface area (Å²) in [5.74, 6) is 0. The number of nitrogens with one attached hydrogen (secondary N) is 1. The third-order valence-corrected chi connectivity index (χ3v) is 4.38. The Bertz CT molecular complexity index is 501. The molecule has 1 aliphatic heterocycles. The standard InChI is InChI=1S/C18H29N3O2/c1-14-6-8-17(9-7-14)21-11-4-5-16(13-21)19-18(23)20(3)12-10-15(2)22/h6-9,15-16,22H,4-5,10-13H2,1-3H3,(H,19,23). The van der Waals surface area contributed by atoms with Crippen molar-refractivity contribution in [3.8, 4) is 0 Å². The molecule has 1 heterocycles. The Kier molecular flexibility index (Phi) is 6.28. The number of aliphatic hydroxyl groups is 1. The molecule has 0 bridgehead atoms. The van der Waals surface area contributed by atoms with Gasteiger partial charge in [0.2, 0.25) is 0 Å². The van der Waals surface area contributed by atoms with Gasteiger partial charge in [0.1, 0.15) is 0 Å². The number of piperidine rings is 1. The average molecular weight is 319 g/mol. The van der Waals surface area contributed by atoms with Crippen LogP contribution in [0.1, 0.15) is 31.7 Å². The summed E-state index contributed by atoms with van der Waals surface area (Å²) in [4.78, 5) is 16.2. The number of urea groups is 1. The molecule has 1 aromatic carbocycles. The first-order valence-electron chi connectivity index (χ1n) is 8.47. The van der Waals surface area contributed by atoms with Crippen molar-refractivity contribution in [2.24, 2.45) is 0 Å². The summed E-state index contributed by atoms with van der Waals surface area (Å²) in [6, 6.07) is 8.67. The minimum absolute atomic E-state index is 0.0543. The van der Waals surface area contributed by atoms with E-state index in [1.165, 1.54) is 11.3 Å². The minimum Gasteiger partial charge on any atom is -0.393 e. The average Bonchev–Trinajstić information content (AvgIpc) is 2.53. The number of aliphatic hydroxyl groups excluding tert-OH is 1. The van der Waals surface area contributed by atoms with Crippen molar-refractivity contribution < 1.29 is 9.90 Å². The Balaban J connectivity index is 1.86. The summed E-state index contributed by atoms with van der Waals surface area (Å²) in [6.45, 7) is 6.28. The zero-order chi connectivity index (χ0) is 16.8. The van der Waals surface area contributed by atoms with E-state index in [0.717, 1.165) is 25.9 Å². The third kappa shape index (κ3) is 5.43. The summed E-state index contributed by atoms with van der Waals surface area (Å²) >= 11 is 0. The first-order valence-corrected chi connectivity index (χ1v) is 8.47. The zero-order valence-corrected chi connectivity index (χ0v) is 14.5. The molecule has 5 nitrogen and oxygen atoms in total. The highest BCUT2D eigenvalue weighted by Gasteiger charge is 2.22. The predicted octanol–water partition coefficient (Wildman–Crippen LogP) is 2.38. The lowest BCUT2D eigenvalue weighted by Gasteiger charge is -2.35. The molecule has 128 valence electrons. The van der Waals surface area contributed by atoms with Crippen molar-refractivity contribution in [3.05, 3.63) is 29.8 Å². The number of hydrogen-bond acceptors (Lipinski definition) is 3. The second-order valence-corrected chi connectivity index (χ2v) is 6.63. The fourth-order valence-electron chi connectivity index (χ4n) is 2.85. The van der Waals surface area contributed by atoms with Crippen LogP contribution < -0.4 is 10.2 Å². The van der Waals surface area contributed by atoms with Crippen LogP contribution in [-0.4, -0.2) is 54.9 Å². The summed E-state index contributed by atoms with van der Waals surface area (Å²) in [5.41, 5.74) is 2.48. The number of hydrogen-bond donors (Lipinski definition) is 2. The van der Waals surface area contributed by atoms with E-state index in [9.17, 15) is 9.90 Å². The zero-order valence-electron chi connectivity index (χ0n) is 14.5. The van der Waals surface area contributed by atoms with Gasteiger partial charge in [-0.15, -0.1) is 0 Å². The first kappa shape index (κ1) is 17.6. The molecule has 5 heteroatoms. The number of carbonyl (C=O) groups is 1. The van der Waals surface area contributed by atoms with Crippen LogP contribution in [0.25, 0.3) is 0 Å². The van der Waals surface area contributed by atoms with E-state index in [1.807, 2.05) is 0 Å². The number of anilines is 1. The van der Waals surface area contributed by atoms with E-state index >= 15 is 0 Å². The molecule has 0 spiro atoms. The molecule has 1 aromatic rings. The number of amides is 2. The van der Waals surface area contributed by atoms with E-state index in [0.29, 0.717) is 13.0 Å². The van der Waals surface area contributed by atoms with Gasteiger partial charge >= 0.3 is 6.03 Å². The molecule has 0 saturated carbocycles. The Hall–Kier alpha value is -1.75. The third-order valence-electron chi connectivity index (χ3n) is 4.38. The van der Waals surface area contributed by atoms with Gasteiger partial charge in [-0.05, 0) is 45.2 Å². The highest BCUT2D eigenvalue weighted by atomic mass is 16.3. The fraction of sp³-hybridized carbons (Fsp3) is 0.611. The molecule has 0 aliphatic carbocycles. The van der Waals surface area contributed by atoms with E-state index in [1.54, 1.807) is 18.9 Å². The van der Waals surface area contributed by atoms with Crippen molar-refractivity contribution in [2.45, 2.75) is 45.3 Å². The molecule has 2 atom stereocenters. The van der Waals surface area contributed by atoms with Crippen LogP contribution in [0.2, 0.25) is 0 Å². The van der Waals surface area contributed by atoms with Crippen molar-refractivity contribution in [3.63, 3.8) is 0 Å². The van der Waals surface area contributed by atoms with Gasteiger partial charge in [-0.1, -0.05) is 17.7 Å². The van der Waals surface area contributed by atoms with E-state index in [4.69, 9.17) is 0 Å². The summed E-state index contributed by atoms with van der Waals surface area (Å²) in [5, 5.41) is 12.4. The molecular weight excluding hydrogens is 290 g/mol. The number of carbonyl (C=O) groups excluding carboxylic acids is 1. The van der Waals surface area contributed by atoms with Gasteiger partial charge in [0, 0.05) is 38.4 Å². The minimum atomic E-state index is -0.378. The maximum absolute atomic E-state index is 12.2. The van der Waals surface area contributed by atoms with Crippen molar-refractivity contribution >= 4 is 11.7 Å². The Morgan fingerprint density at radius 2 is 2.13 bits per heavy atom. The Morgan fingerprint density at radius 3 is 2.78 bits per heavy atom. The van der Waals surface area contributed by atoms with Crippen molar-refractivity contribution in [1.29, 1.82) is 0 Å². The lowest BCUT2D eigenvalue weighted by molar-refractivity contribution is 0.162. The van der Waals surface area contributed by atoms with E-state index in [-0.39, 0.29) is 18.2 Å². The van der Waals surface area contributed by atoms with Gasteiger partial charge in [-0.25, -0.2) is 4.79 Å². The van der Waals surface area contributed by atoms with Gasteiger partial charge in [0.25, 0.3) is 0 Å². The molecule has 1 aliphatic rings. The molecule has 23 heavy (non-hydrogen) atoms. The number of nitrogens with zero attached hydrogens (tertiary/aromatic N) is 2. The Labute approximate surface area is 139 Å². The molecule has 1 saturated heterocycles. The summed E-state index contributed by atoms with van der Waals surface area (Å²) < 4.78 is 0. The highest BCUT2D eigenvalue weighted by molar-refractivity contribution is 5.74. The lowest BCUT2D eigenvalue weighted by Crippen LogP contribution is -2.51. The molecule has 0 radical (unpaired) electrons. The smallest absolute Gasteiger partial charge is 0.317 e. The number of aryl methyl sites for hydroxylation is 1. The second-order valence-electron chi connectivity index (χ2n) is 6.63. The second kappa shape index (κ2) is 8.20. The van der Waals surface area contributed by atoms with E-state index in [2.05, 4.69) is 41.4 Å². The molecule has 2 N–H and O–H groups in total. The van der Waals surface area contributed by atoms with Gasteiger partial charge in [-0.3, -0.25) is 0 Å². The van der Waals surface area contributed by atoms with Crippen LogP contribution in [0.3, 0.4) is 0 Å². The van der Waals surface area contributed by atoms with Crippen molar-refractivity contribution in [2.75, 3.05) is 31.6 Å². The van der Waals surface area contributed by atoms with Gasteiger partial charge < -0.3 is 20.2 Å². The lowest BCUT2D eigenvalue weighted by atomic mass is 10.0. The molecule has 2 rings (SSSR count). The van der Waals surface area contributed by atoms with E-state index < -0.39 is 0 Å². The van der Waals surface area contributed by atoms with Gasteiger partial charge in [-0.2, -0.15) is 0 Å². The summed E-state index contributed by atoms with van der Waals surface area (Å²) in [7, 11) is 1.78. The maximum atomic E-state index is 12.2. The first-order chi connectivity index (χ1) is 11.0. The summed E-state index contributed by atoms with van der Waals surface area (Å²) in [6.07, 6.45) is 2.32. The van der Waals surface area contributed by atoms with Gasteiger partial charge in [0.15, 0.2) is 0 Å². The molecule has 0 aromatic heterocycles. The van der Waals surface area contributed by atoms with Crippen LogP contribution >= 0.6 is 0 Å². The molecule has 2 unspecified atom stereocenters. The van der Waals surface area contributed by atoms with Gasteiger partial charge in [0.05, 0.1) is 6.10 Å². The molecule has 1 fully saturated rings. The van der Waals surface area contributed by atoms with Crippen LogP contribution in [0, 0.1) is 6.92 Å². The van der Waals surface area contributed by atoms with Crippen LogP contribution in [0.4, 0.5) is 10.5 Å². The van der Waals surface area contributed by atoms with Crippen LogP contribution in [0.5, 0.6) is 0 Å². The monoisotopic (exact) mass is 319 g/mol. The quantitative estimate of drug-likeness (QED) is 0.876. The van der Waals surface area contributed by atoms with Crippen molar-refractivity contribution in [1.82, 2.24) is 10.2 Å². The fourth-order valence-corrected chi connectivity index (χ4v) is 2.85. The highest BCUT2D eigenvalue weighted by Crippen LogP contribution is 2.20. The van der Waals surface area contributed by atoms with Crippen LogP contribution in [0.15, 0.2) is 24.3 Å². The number of benzene rings is 1.